The molecule has 156 valence electrons. The Morgan fingerprint density at radius 3 is 2.47 bits per heavy atom. The number of rotatable bonds is 6. The predicted octanol–water partition coefficient (Wildman–Crippen LogP) is 5.26. The predicted molar refractivity (Wildman–Crippen MR) is 121 cm³/mol. The molecule has 0 radical (unpaired) electrons. The number of hydrogen-bond donors (Lipinski definition) is 1. The summed E-state index contributed by atoms with van der Waals surface area (Å²) in [5.74, 6) is 0.939. The molecule has 0 amide bonds. The standard InChI is InChI=1S/C25H29N3O2/c1-6-10-28(11-7-2)21-13-19-18(14-26-21)23(30)22-17-9-8-16(15(3)29)12-20(17)27-24(22)25(19,4)5/h8-9,12-14,27H,6-7,10-11H2,1-5H3. The fourth-order valence-electron chi connectivity index (χ4n) is 4.59. The SMILES string of the molecule is CCCN(CCC)c1cc2c(cn1)C(=O)c1c([nH]c3cc(C(C)=O)ccc13)C2(C)C. The fraction of sp³-hybridized carbons (Fsp3) is 0.400. The van der Waals surface area contributed by atoms with Gasteiger partial charge in [0.25, 0.3) is 0 Å². The summed E-state index contributed by atoms with van der Waals surface area (Å²) in [7, 11) is 0. The van der Waals surface area contributed by atoms with Crippen LogP contribution in [-0.2, 0) is 5.41 Å². The summed E-state index contributed by atoms with van der Waals surface area (Å²) in [6.45, 7) is 12.1. The van der Waals surface area contributed by atoms with Gasteiger partial charge in [-0.1, -0.05) is 39.8 Å². The van der Waals surface area contributed by atoms with Crippen molar-refractivity contribution < 1.29 is 9.59 Å². The lowest BCUT2D eigenvalue weighted by Gasteiger charge is -2.33. The molecule has 0 atom stereocenters. The van der Waals surface area contributed by atoms with Crippen LogP contribution in [0.4, 0.5) is 5.82 Å². The molecule has 30 heavy (non-hydrogen) atoms. The first kappa shape index (κ1) is 20.3. The number of nitrogens with one attached hydrogen (secondary N) is 1. The van der Waals surface area contributed by atoms with E-state index in [1.165, 1.54) is 0 Å². The highest BCUT2D eigenvalue weighted by Gasteiger charge is 2.40. The Labute approximate surface area is 177 Å². The van der Waals surface area contributed by atoms with E-state index in [4.69, 9.17) is 0 Å². The Morgan fingerprint density at radius 1 is 1.13 bits per heavy atom. The summed E-state index contributed by atoms with van der Waals surface area (Å²) < 4.78 is 0. The van der Waals surface area contributed by atoms with Crippen molar-refractivity contribution in [1.82, 2.24) is 9.97 Å². The van der Waals surface area contributed by atoms with Crippen molar-refractivity contribution in [3.8, 4) is 0 Å². The average molecular weight is 404 g/mol. The molecule has 1 aromatic carbocycles. The van der Waals surface area contributed by atoms with Crippen molar-refractivity contribution in [3.05, 3.63) is 58.4 Å². The maximum atomic E-state index is 13.5. The number of Topliss-reactive ketones (excluding diaryl/α,β-unsaturated/α-hetero) is 1. The number of fused-ring (bicyclic) bond motifs is 4. The summed E-state index contributed by atoms with van der Waals surface area (Å²) in [6.07, 6.45) is 3.84. The topological polar surface area (TPSA) is 66.1 Å². The van der Waals surface area contributed by atoms with Crippen LogP contribution < -0.4 is 4.90 Å². The van der Waals surface area contributed by atoms with E-state index in [-0.39, 0.29) is 17.0 Å². The molecule has 2 heterocycles. The molecule has 4 rings (SSSR count). The highest BCUT2D eigenvalue weighted by molar-refractivity contribution is 6.20. The zero-order valence-corrected chi connectivity index (χ0v) is 18.4. The number of benzene rings is 1. The largest absolute Gasteiger partial charge is 0.357 e. The number of aromatic nitrogens is 2. The van der Waals surface area contributed by atoms with Gasteiger partial charge in [-0.15, -0.1) is 0 Å². The molecule has 0 aliphatic heterocycles. The molecule has 0 saturated carbocycles. The quantitative estimate of drug-likeness (QED) is 0.570. The second kappa shape index (κ2) is 7.38. The van der Waals surface area contributed by atoms with Gasteiger partial charge in [0, 0.05) is 52.4 Å². The molecule has 1 aliphatic carbocycles. The van der Waals surface area contributed by atoms with Crippen LogP contribution in [0.1, 0.15) is 85.0 Å². The van der Waals surface area contributed by atoms with Gasteiger partial charge in [-0.25, -0.2) is 4.98 Å². The molecule has 0 unspecified atom stereocenters. The van der Waals surface area contributed by atoms with Gasteiger partial charge in [-0.2, -0.15) is 0 Å². The van der Waals surface area contributed by atoms with Gasteiger partial charge in [0.1, 0.15) is 5.82 Å². The number of pyridine rings is 1. The van der Waals surface area contributed by atoms with Crippen LogP contribution in [0.3, 0.4) is 0 Å². The number of ketones is 2. The lowest BCUT2D eigenvalue weighted by atomic mass is 9.72. The monoisotopic (exact) mass is 403 g/mol. The van der Waals surface area contributed by atoms with E-state index in [1.54, 1.807) is 19.2 Å². The minimum atomic E-state index is -0.379. The summed E-state index contributed by atoms with van der Waals surface area (Å²) >= 11 is 0. The van der Waals surface area contributed by atoms with Crippen LogP contribution in [0.25, 0.3) is 10.9 Å². The second-order valence-electron chi connectivity index (χ2n) is 8.72. The number of carbonyl (C=O) groups is 2. The number of nitrogens with zero attached hydrogens (tertiary/aromatic N) is 2. The van der Waals surface area contributed by atoms with E-state index in [1.807, 2.05) is 12.1 Å². The van der Waals surface area contributed by atoms with Gasteiger partial charge in [-0.3, -0.25) is 9.59 Å². The van der Waals surface area contributed by atoms with Gasteiger partial charge >= 0.3 is 0 Å². The molecule has 5 nitrogen and oxygen atoms in total. The summed E-state index contributed by atoms with van der Waals surface area (Å²) in [5.41, 5.74) is 4.37. The molecular formula is C25H29N3O2. The smallest absolute Gasteiger partial charge is 0.197 e. The molecule has 1 aliphatic rings. The molecule has 1 N–H and O–H groups in total. The highest BCUT2D eigenvalue weighted by Crippen LogP contribution is 2.44. The van der Waals surface area contributed by atoms with Crippen molar-refractivity contribution in [2.24, 2.45) is 0 Å². The van der Waals surface area contributed by atoms with Crippen LogP contribution in [0.5, 0.6) is 0 Å². The lowest BCUT2D eigenvalue weighted by Crippen LogP contribution is -2.32. The Balaban J connectivity index is 1.89. The number of hydrogen-bond acceptors (Lipinski definition) is 4. The first-order chi connectivity index (χ1) is 14.3. The van der Waals surface area contributed by atoms with Gasteiger partial charge < -0.3 is 9.88 Å². The van der Waals surface area contributed by atoms with Crippen molar-refractivity contribution in [1.29, 1.82) is 0 Å². The molecule has 0 fully saturated rings. The van der Waals surface area contributed by atoms with Gasteiger partial charge in [0.2, 0.25) is 0 Å². The molecule has 0 spiro atoms. The molecule has 0 bridgehead atoms. The molecule has 3 aromatic rings. The van der Waals surface area contributed by atoms with E-state index >= 15 is 0 Å². The number of H-pyrrole nitrogens is 1. The van der Waals surface area contributed by atoms with E-state index < -0.39 is 0 Å². The Hall–Kier alpha value is -2.95. The van der Waals surface area contributed by atoms with Crippen molar-refractivity contribution in [2.45, 2.75) is 52.9 Å². The third-order valence-electron chi connectivity index (χ3n) is 6.18. The van der Waals surface area contributed by atoms with Crippen LogP contribution in [0, 0.1) is 0 Å². The first-order valence-electron chi connectivity index (χ1n) is 10.8. The molecule has 5 heteroatoms. The van der Waals surface area contributed by atoms with Crippen LogP contribution in [0.15, 0.2) is 30.5 Å². The van der Waals surface area contributed by atoms with E-state index in [2.05, 4.69) is 48.6 Å². The van der Waals surface area contributed by atoms with Crippen LogP contribution in [-0.4, -0.2) is 34.6 Å². The first-order valence-corrected chi connectivity index (χ1v) is 10.8. The normalized spacial score (nSPS) is 14.5. The van der Waals surface area contributed by atoms with Crippen molar-refractivity contribution in [2.75, 3.05) is 18.0 Å². The van der Waals surface area contributed by atoms with Gasteiger partial charge in [-0.05, 0) is 37.5 Å². The third kappa shape index (κ3) is 3.04. The zero-order chi connectivity index (χ0) is 21.6. The number of aromatic amines is 1. The maximum absolute atomic E-state index is 13.5. The average Bonchev–Trinajstić information content (AvgIpc) is 3.12. The van der Waals surface area contributed by atoms with Crippen molar-refractivity contribution in [3.63, 3.8) is 0 Å². The van der Waals surface area contributed by atoms with Crippen LogP contribution in [0.2, 0.25) is 0 Å². The molecular weight excluding hydrogens is 374 g/mol. The van der Waals surface area contributed by atoms with Gasteiger partial charge in [0.15, 0.2) is 11.6 Å². The number of carbonyl (C=O) groups excluding carboxylic acids is 2. The van der Waals surface area contributed by atoms with Crippen molar-refractivity contribution >= 4 is 28.3 Å². The number of anilines is 1. The highest BCUT2D eigenvalue weighted by atomic mass is 16.1. The zero-order valence-electron chi connectivity index (χ0n) is 18.4. The maximum Gasteiger partial charge on any atom is 0.197 e. The molecule has 0 saturated heterocycles. The van der Waals surface area contributed by atoms with E-state index in [0.717, 1.165) is 53.9 Å². The Bertz CT molecular complexity index is 1150. The minimum Gasteiger partial charge on any atom is -0.357 e. The van der Waals surface area contributed by atoms with E-state index in [0.29, 0.717) is 16.7 Å². The second-order valence-corrected chi connectivity index (χ2v) is 8.72. The fourth-order valence-corrected chi connectivity index (χ4v) is 4.59. The summed E-state index contributed by atoms with van der Waals surface area (Å²) in [6, 6.07) is 7.61. The Morgan fingerprint density at radius 2 is 1.83 bits per heavy atom. The lowest BCUT2D eigenvalue weighted by molar-refractivity contribution is 0.101. The summed E-state index contributed by atoms with van der Waals surface area (Å²) in [5, 5.41) is 0.862. The molecule has 2 aromatic heterocycles. The van der Waals surface area contributed by atoms with E-state index in [9.17, 15) is 9.59 Å². The van der Waals surface area contributed by atoms with Gasteiger partial charge in [0.05, 0.1) is 5.56 Å². The Kier molecular flexibility index (Phi) is 5.00. The third-order valence-corrected chi connectivity index (χ3v) is 6.18. The van der Waals surface area contributed by atoms with Crippen LogP contribution >= 0.6 is 0 Å². The minimum absolute atomic E-state index is 0.00210. The summed E-state index contributed by atoms with van der Waals surface area (Å²) in [4.78, 5) is 35.7.